The van der Waals surface area contributed by atoms with Crippen molar-refractivity contribution in [3.05, 3.63) is 12.2 Å². The quantitative estimate of drug-likeness (QED) is 0.0788. The van der Waals surface area contributed by atoms with E-state index < -0.39 is 0 Å². The van der Waals surface area contributed by atoms with E-state index in [0.29, 0.717) is 58.5 Å². The van der Waals surface area contributed by atoms with Gasteiger partial charge in [0.05, 0.1) is 26.4 Å². The Balaban J connectivity index is 4.56. The van der Waals surface area contributed by atoms with Crippen molar-refractivity contribution in [1.29, 1.82) is 0 Å². The number of carbonyl (C=O) groups excluding carboxylic acids is 4. The van der Waals surface area contributed by atoms with E-state index in [-0.39, 0.29) is 37.0 Å². The van der Waals surface area contributed by atoms with Gasteiger partial charge in [-0.2, -0.15) is 0 Å². The van der Waals surface area contributed by atoms with Gasteiger partial charge in [0.25, 0.3) is 0 Å². The number of nitrogens with one attached hydrogen (secondary N) is 1. The fourth-order valence-corrected chi connectivity index (χ4v) is 4.01. The summed E-state index contributed by atoms with van der Waals surface area (Å²) in [6, 6.07) is 0. The molecule has 0 radical (unpaired) electrons. The number of nitrogens with zero attached hydrogens (tertiary/aromatic N) is 2. The van der Waals surface area contributed by atoms with Gasteiger partial charge in [0.2, 0.25) is 11.8 Å². The summed E-state index contributed by atoms with van der Waals surface area (Å²) in [5, 5.41) is 2.70. The molecule has 42 heavy (non-hydrogen) atoms. The number of ether oxygens (including phenoxy) is 3. The van der Waals surface area contributed by atoms with E-state index in [0.717, 1.165) is 57.9 Å². The first-order valence-electron chi connectivity index (χ1n) is 16.1. The van der Waals surface area contributed by atoms with Crippen LogP contribution in [0.15, 0.2) is 12.2 Å². The molecule has 0 spiro atoms. The summed E-state index contributed by atoms with van der Waals surface area (Å²) in [6.45, 7) is 7.60. The van der Waals surface area contributed by atoms with Gasteiger partial charge < -0.3 is 29.3 Å². The van der Waals surface area contributed by atoms with Crippen LogP contribution in [0, 0.1) is 0 Å². The third-order valence-electron chi connectivity index (χ3n) is 6.56. The number of amides is 2. The highest BCUT2D eigenvalue weighted by molar-refractivity contribution is 5.96. The molecule has 0 aromatic carbocycles. The minimum atomic E-state index is -0.375. The zero-order valence-corrected chi connectivity index (χ0v) is 27.0. The maximum absolute atomic E-state index is 12.9. The van der Waals surface area contributed by atoms with E-state index in [4.69, 9.17) is 14.2 Å². The van der Waals surface area contributed by atoms with Crippen molar-refractivity contribution in [2.75, 3.05) is 66.7 Å². The molecule has 10 heteroatoms. The van der Waals surface area contributed by atoms with Crippen LogP contribution >= 0.6 is 0 Å². The Bertz CT molecular complexity index is 710. The molecule has 0 saturated heterocycles. The summed E-state index contributed by atoms with van der Waals surface area (Å²) in [4.78, 5) is 52.6. The molecule has 0 aliphatic rings. The number of hydrogen-bond donors (Lipinski definition) is 1. The van der Waals surface area contributed by atoms with Crippen molar-refractivity contribution in [3.63, 3.8) is 0 Å². The molecular formula is C32H59N3O7. The number of likely N-dealkylation sites (N-methyl/N-ethyl adjacent to an activating group) is 1. The van der Waals surface area contributed by atoms with Gasteiger partial charge in [0.1, 0.15) is 0 Å². The topological polar surface area (TPSA) is 114 Å². The van der Waals surface area contributed by atoms with Crippen molar-refractivity contribution in [2.24, 2.45) is 0 Å². The number of carbonyl (C=O) groups is 4. The van der Waals surface area contributed by atoms with Gasteiger partial charge in [0, 0.05) is 51.2 Å². The van der Waals surface area contributed by atoms with Crippen molar-refractivity contribution in [2.45, 2.75) is 104 Å². The lowest BCUT2D eigenvalue weighted by Crippen LogP contribution is -2.33. The monoisotopic (exact) mass is 597 g/mol. The predicted molar refractivity (Wildman–Crippen MR) is 166 cm³/mol. The van der Waals surface area contributed by atoms with Crippen LogP contribution in [0.25, 0.3) is 0 Å². The van der Waals surface area contributed by atoms with E-state index in [1.165, 1.54) is 25.0 Å². The van der Waals surface area contributed by atoms with Crippen molar-refractivity contribution in [3.8, 4) is 0 Å². The maximum Gasteiger partial charge on any atom is 0.305 e. The predicted octanol–water partition coefficient (Wildman–Crippen LogP) is 4.65. The second-order valence-corrected chi connectivity index (χ2v) is 10.8. The minimum absolute atomic E-state index is 0.215. The van der Waals surface area contributed by atoms with Crippen molar-refractivity contribution >= 4 is 23.8 Å². The van der Waals surface area contributed by atoms with Gasteiger partial charge >= 0.3 is 11.9 Å². The Kier molecular flexibility index (Phi) is 27.0. The molecule has 244 valence electrons. The summed E-state index contributed by atoms with van der Waals surface area (Å²) in [6.07, 6.45) is 14.9. The molecule has 2 amide bonds. The second kappa shape index (κ2) is 28.6. The number of esters is 2. The Labute approximate surface area is 254 Å². The standard InChI is InChI=1S/C32H59N3O7/c1-5-7-9-11-13-17-31(38)41-25-15-22-35(23-16-26-42-32(39)18-14-12-10-8-6-2)30(37)20-19-29(36)33-21-27-40-28-24-34(3)4/h19-20H,5-18,21-28H2,1-4H3,(H,33,36). The van der Waals surface area contributed by atoms with Gasteiger partial charge in [-0.3, -0.25) is 19.2 Å². The van der Waals surface area contributed by atoms with E-state index in [1.54, 1.807) is 4.90 Å². The van der Waals surface area contributed by atoms with Crippen LogP contribution < -0.4 is 5.32 Å². The average molecular weight is 598 g/mol. The maximum atomic E-state index is 12.9. The first-order valence-corrected chi connectivity index (χ1v) is 16.1. The first-order chi connectivity index (χ1) is 20.3. The molecule has 0 atom stereocenters. The summed E-state index contributed by atoms with van der Waals surface area (Å²) in [5.74, 6) is -1.13. The van der Waals surface area contributed by atoms with E-state index >= 15 is 0 Å². The minimum Gasteiger partial charge on any atom is -0.466 e. The van der Waals surface area contributed by atoms with Crippen LogP contribution in [0.3, 0.4) is 0 Å². The lowest BCUT2D eigenvalue weighted by molar-refractivity contribution is -0.144. The Morgan fingerprint density at radius 3 is 1.64 bits per heavy atom. The molecular weight excluding hydrogens is 538 g/mol. The third-order valence-corrected chi connectivity index (χ3v) is 6.56. The van der Waals surface area contributed by atoms with E-state index in [9.17, 15) is 19.2 Å². The van der Waals surface area contributed by atoms with Gasteiger partial charge in [-0.1, -0.05) is 65.2 Å². The average Bonchev–Trinajstić information content (AvgIpc) is 2.96. The van der Waals surface area contributed by atoms with Crippen LogP contribution in [0.1, 0.15) is 104 Å². The molecule has 0 unspecified atom stereocenters. The SMILES string of the molecule is CCCCCCCC(=O)OCCCN(CCCOC(=O)CCCCCCC)C(=O)C=CC(=O)NCCOCCN(C)C. The summed E-state index contributed by atoms with van der Waals surface area (Å²) in [5.41, 5.74) is 0. The first kappa shape index (κ1) is 39.5. The fourth-order valence-electron chi connectivity index (χ4n) is 4.01. The molecule has 0 aliphatic heterocycles. The third kappa shape index (κ3) is 26.4. The number of unbranched alkanes of at least 4 members (excludes halogenated alkanes) is 8. The number of hydrogen-bond acceptors (Lipinski definition) is 8. The molecule has 0 rings (SSSR count). The molecule has 0 aromatic heterocycles. The second-order valence-electron chi connectivity index (χ2n) is 10.8. The molecule has 10 nitrogen and oxygen atoms in total. The highest BCUT2D eigenvalue weighted by atomic mass is 16.5. The van der Waals surface area contributed by atoms with Crippen molar-refractivity contribution < 1.29 is 33.4 Å². The molecule has 0 saturated carbocycles. The lowest BCUT2D eigenvalue weighted by Gasteiger charge is -2.21. The van der Waals surface area contributed by atoms with Crippen LogP contribution in [0.2, 0.25) is 0 Å². The normalized spacial score (nSPS) is 11.2. The molecule has 0 aliphatic carbocycles. The molecule has 0 fully saturated rings. The Morgan fingerprint density at radius 2 is 1.14 bits per heavy atom. The van der Waals surface area contributed by atoms with Gasteiger partial charge in [-0.05, 0) is 39.8 Å². The molecule has 0 bridgehead atoms. The van der Waals surface area contributed by atoms with Crippen LogP contribution in [-0.2, 0) is 33.4 Å². The Hall–Kier alpha value is -2.46. The highest BCUT2D eigenvalue weighted by Crippen LogP contribution is 2.07. The van der Waals surface area contributed by atoms with Crippen LogP contribution in [-0.4, -0.2) is 100 Å². The van der Waals surface area contributed by atoms with Crippen LogP contribution in [0.4, 0.5) is 0 Å². The largest absolute Gasteiger partial charge is 0.466 e. The summed E-state index contributed by atoms with van der Waals surface area (Å²) >= 11 is 0. The smallest absolute Gasteiger partial charge is 0.305 e. The molecule has 0 aromatic rings. The Morgan fingerprint density at radius 1 is 0.619 bits per heavy atom. The van der Waals surface area contributed by atoms with E-state index in [1.807, 2.05) is 19.0 Å². The van der Waals surface area contributed by atoms with Gasteiger partial charge in [0.15, 0.2) is 0 Å². The molecule has 1 N–H and O–H groups in total. The highest BCUT2D eigenvalue weighted by Gasteiger charge is 2.13. The number of rotatable bonds is 28. The fraction of sp³-hybridized carbons (Fsp3) is 0.812. The van der Waals surface area contributed by atoms with Gasteiger partial charge in [-0.25, -0.2) is 0 Å². The zero-order chi connectivity index (χ0) is 31.3. The zero-order valence-electron chi connectivity index (χ0n) is 27.0. The summed E-state index contributed by atoms with van der Waals surface area (Å²) in [7, 11) is 3.92. The van der Waals surface area contributed by atoms with Crippen LogP contribution in [0.5, 0.6) is 0 Å². The lowest BCUT2D eigenvalue weighted by atomic mass is 10.1. The summed E-state index contributed by atoms with van der Waals surface area (Å²) < 4.78 is 16.1. The van der Waals surface area contributed by atoms with E-state index in [2.05, 4.69) is 19.2 Å². The van der Waals surface area contributed by atoms with Gasteiger partial charge in [-0.15, -0.1) is 0 Å². The van der Waals surface area contributed by atoms with Crippen molar-refractivity contribution in [1.82, 2.24) is 15.1 Å². The molecule has 0 heterocycles.